The molecule has 36 heavy (non-hydrogen) atoms. The van der Waals surface area contributed by atoms with E-state index >= 15 is 0 Å². The van der Waals surface area contributed by atoms with Gasteiger partial charge in [-0.3, -0.25) is 13.9 Å². The van der Waals surface area contributed by atoms with Gasteiger partial charge in [-0.15, -0.1) is 0 Å². The average molecular weight is 530 g/mol. The molecular formula is C24H30F3N3O5S. The molecule has 0 spiro atoms. The van der Waals surface area contributed by atoms with Gasteiger partial charge in [0, 0.05) is 12.6 Å². The minimum Gasteiger partial charge on any atom is -0.497 e. The van der Waals surface area contributed by atoms with Gasteiger partial charge in [0.05, 0.1) is 24.6 Å². The molecule has 8 nitrogen and oxygen atoms in total. The van der Waals surface area contributed by atoms with Crippen LogP contribution in [0.25, 0.3) is 0 Å². The van der Waals surface area contributed by atoms with E-state index in [9.17, 15) is 31.2 Å². The molecule has 1 atom stereocenters. The van der Waals surface area contributed by atoms with E-state index in [2.05, 4.69) is 5.32 Å². The fourth-order valence-electron chi connectivity index (χ4n) is 3.41. The number of amides is 2. The largest absolute Gasteiger partial charge is 0.497 e. The maximum Gasteiger partial charge on any atom is 0.416 e. The van der Waals surface area contributed by atoms with E-state index in [1.165, 1.54) is 25.0 Å². The average Bonchev–Trinajstić information content (AvgIpc) is 2.78. The number of alkyl halides is 3. The van der Waals surface area contributed by atoms with Gasteiger partial charge in [0.15, 0.2) is 0 Å². The maximum absolute atomic E-state index is 13.4. The van der Waals surface area contributed by atoms with Crippen LogP contribution in [0.1, 0.15) is 31.9 Å². The zero-order chi connectivity index (χ0) is 27.3. The van der Waals surface area contributed by atoms with Crippen molar-refractivity contribution in [2.24, 2.45) is 0 Å². The summed E-state index contributed by atoms with van der Waals surface area (Å²) in [5, 5.41) is 2.71. The highest BCUT2D eigenvalue weighted by Gasteiger charge is 2.33. The van der Waals surface area contributed by atoms with E-state index in [1.807, 2.05) is 0 Å². The number of methoxy groups -OCH3 is 1. The van der Waals surface area contributed by atoms with E-state index in [4.69, 9.17) is 4.74 Å². The molecule has 0 aromatic heterocycles. The third-order valence-electron chi connectivity index (χ3n) is 5.23. The van der Waals surface area contributed by atoms with Crippen LogP contribution in [-0.2, 0) is 32.3 Å². The lowest BCUT2D eigenvalue weighted by molar-refractivity contribution is -0.139. The number of hydrogen-bond donors (Lipinski definition) is 1. The number of benzene rings is 2. The fourth-order valence-corrected chi connectivity index (χ4v) is 4.25. The Labute approximate surface area is 209 Å². The summed E-state index contributed by atoms with van der Waals surface area (Å²) in [4.78, 5) is 27.3. The lowest BCUT2D eigenvalue weighted by atomic mass is 10.1. The first-order chi connectivity index (χ1) is 16.6. The quantitative estimate of drug-likeness (QED) is 0.509. The molecule has 0 heterocycles. The smallest absolute Gasteiger partial charge is 0.416 e. The van der Waals surface area contributed by atoms with E-state index < -0.39 is 46.2 Å². The molecule has 2 aromatic carbocycles. The van der Waals surface area contributed by atoms with Crippen LogP contribution in [0, 0.1) is 0 Å². The zero-order valence-electron chi connectivity index (χ0n) is 20.7. The number of nitrogens with one attached hydrogen (secondary N) is 1. The van der Waals surface area contributed by atoms with Crippen molar-refractivity contribution in [3.8, 4) is 5.75 Å². The number of anilines is 1. The van der Waals surface area contributed by atoms with Crippen LogP contribution in [0.2, 0.25) is 0 Å². The minimum absolute atomic E-state index is 0.0666. The molecular weight excluding hydrogens is 499 g/mol. The predicted molar refractivity (Wildman–Crippen MR) is 130 cm³/mol. The number of halogens is 3. The second kappa shape index (κ2) is 11.6. The van der Waals surface area contributed by atoms with Crippen molar-refractivity contribution in [1.29, 1.82) is 0 Å². The van der Waals surface area contributed by atoms with Gasteiger partial charge in [0.25, 0.3) is 0 Å². The van der Waals surface area contributed by atoms with Gasteiger partial charge >= 0.3 is 6.18 Å². The molecule has 0 bridgehead atoms. The van der Waals surface area contributed by atoms with Crippen LogP contribution in [-0.4, -0.2) is 57.1 Å². The van der Waals surface area contributed by atoms with Crippen LogP contribution in [0.5, 0.6) is 5.75 Å². The van der Waals surface area contributed by atoms with Crippen LogP contribution in [0.4, 0.5) is 18.9 Å². The summed E-state index contributed by atoms with van der Waals surface area (Å²) in [7, 11) is -2.69. The van der Waals surface area contributed by atoms with Crippen molar-refractivity contribution in [2.75, 3.05) is 24.2 Å². The Morgan fingerprint density at radius 2 is 1.69 bits per heavy atom. The van der Waals surface area contributed by atoms with Crippen molar-refractivity contribution in [1.82, 2.24) is 10.2 Å². The Bertz CT molecular complexity index is 1190. The number of carbonyl (C=O) groups is 2. The third-order valence-corrected chi connectivity index (χ3v) is 6.37. The molecule has 0 aliphatic heterocycles. The van der Waals surface area contributed by atoms with Gasteiger partial charge < -0.3 is 15.0 Å². The number of rotatable bonds is 10. The number of hydrogen-bond acceptors (Lipinski definition) is 5. The van der Waals surface area contributed by atoms with Crippen molar-refractivity contribution in [2.45, 2.75) is 45.6 Å². The van der Waals surface area contributed by atoms with E-state index in [-0.39, 0.29) is 18.3 Å². The molecule has 0 unspecified atom stereocenters. The molecule has 0 saturated carbocycles. The summed E-state index contributed by atoms with van der Waals surface area (Å²) in [6.45, 7) is 4.12. The van der Waals surface area contributed by atoms with Crippen molar-refractivity contribution < 1.29 is 35.9 Å². The SMILES string of the molecule is COc1cccc(CN(C(=O)CN(c2cccc(C(F)(F)F)c2)S(C)(=O)=O)[C@@H](C)C(=O)NC(C)C)c1. The Hall–Kier alpha value is -3.28. The molecule has 0 fully saturated rings. The number of ether oxygens (including phenoxy) is 1. The molecule has 0 saturated heterocycles. The predicted octanol–water partition coefficient (Wildman–Crippen LogP) is 3.42. The lowest BCUT2D eigenvalue weighted by Crippen LogP contribution is -2.52. The third kappa shape index (κ3) is 7.87. The summed E-state index contributed by atoms with van der Waals surface area (Å²) < 4.78 is 70.5. The molecule has 2 amide bonds. The van der Waals surface area contributed by atoms with Crippen LogP contribution < -0.4 is 14.4 Å². The molecule has 0 radical (unpaired) electrons. The van der Waals surface area contributed by atoms with Gasteiger partial charge in [0.1, 0.15) is 18.3 Å². The van der Waals surface area contributed by atoms with Crippen LogP contribution >= 0.6 is 0 Å². The zero-order valence-corrected chi connectivity index (χ0v) is 21.5. The number of nitrogens with zero attached hydrogens (tertiary/aromatic N) is 2. The first-order valence-electron chi connectivity index (χ1n) is 11.0. The van der Waals surface area contributed by atoms with Gasteiger partial charge in [-0.1, -0.05) is 18.2 Å². The summed E-state index contributed by atoms with van der Waals surface area (Å²) >= 11 is 0. The molecule has 2 aromatic rings. The Morgan fingerprint density at radius 1 is 1.06 bits per heavy atom. The number of carbonyl (C=O) groups excluding carboxylic acids is 2. The van der Waals surface area contributed by atoms with E-state index in [0.29, 0.717) is 21.7 Å². The molecule has 0 aliphatic carbocycles. The summed E-state index contributed by atoms with van der Waals surface area (Å²) in [6, 6.07) is 9.24. The lowest BCUT2D eigenvalue weighted by Gasteiger charge is -2.32. The summed E-state index contributed by atoms with van der Waals surface area (Å²) in [5.74, 6) is -0.723. The topological polar surface area (TPSA) is 96.0 Å². The fraction of sp³-hybridized carbons (Fsp3) is 0.417. The highest BCUT2D eigenvalue weighted by molar-refractivity contribution is 7.92. The van der Waals surface area contributed by atoms with Crippen molar-refractivity contribution in [3.05, 3.63) is 59.7 Å². The first kappa shape index (κ1) is 29.0. The standard InChI is InChI=1S/C24H30F3N3O5S/c1-16(2)28-23(32)17(3)29(14-18-8-6-11-21(12-18)35-4)22(31)15-30(36(5,33)34)20-10-7-9-19(13-20)24(25,26)27/h6-13,16-17H,14-15H2,1-5H3,(H,28,32)/t17-/m0/s1. The summed E-state index contributed by atoms with van der Waals surface area (Å²) in [5.41, 5.74) is -0.767. The van der Waals surface area contributed by atoms with Crippen LogP contribution in [0.3, 0.4) is 0 Å². The second-order valence-electron chi connectivity index (χ2n) is 8.53. The monoisotopic (exact) mass is 529 g/mol. The highest BCUT2D eigenvalue weighted by atomic mass is 32.2. The van der Waals surface area contributed by atoms with E-state index in [0.717, 1.165) is 18.4 Å². The van der Waals surface area contributed by atoms with Crippen molar-refractivity contribution in [3.63, 3.8) is 0 Å². The molecule has 2 rings (SSSR count). The summed E-state index contributed by atoms with van der Waals surface area (Å²) in [6.07, 6.45) is -3.91. The minimum atomic E-state index is -4.70. The van der Waals surface area contributed by atoms with Crippen LogP contribution in [0.15, 0.2) is 48.5 Å². The van der Waals surface area contributed by atoms with Gasteiger partial charge in [-0.25, -0.2) is 8.42 Å². The number of sulfonamides is 1. The van der Waals surface area contributed by atoms with Gasteiger partial charge in [0.2, 0.25) is 21.8 Å². The van der Waals surface area contributed by atoms with Gasteiger partial charge in [-0.05, 0) is 56.7 Å². The Morgan fingerprint density at radius 3 is 2.25 bits per heavy atom. The maximum atomic E-state index is 13.4. The van der Waals surface area contributed by atoms with E-state index in [1.54, 1.807) is 38.1 Å². The first-order valence-corrected chi connectivity index (χ1v) is 12.9. The molecule has 0 aliphatic rings. The normalized spacial score (nSPS) is 12.7. The van der Waals surface area contributed by atoms with Crippen molar-refractivity contribution >= 4 is 27.5 Å². The Balaban J connectivity index is 2.46. The second-order valence-corrected chi connectivity index (χ2v) is 10.4. The highest BCUT2D eigenvalue weighted by Crippen LogP contribution is 2.32. The molecule has 198 valence electrons. The van der Waals surface area contributed by atoms with Gasteiger partial charge in [-0.2, -0.15) is 13.2 Å². The Kier molecular flexibility index (Phi) is 9.36. The molecule has 1 N–H and O–H groups in total. The molecule has 12 heteroatoms.